The topological polar surface area (TPSA) is 78.8 Å². The molecule has 0 spiro atoms. The van der Waals surface area contributed by atoms with Gasteiger partial charge in [-0.15, -0.1) is 0 Å². The van der Waals surface area contributed by atoms with Gasteiger partial charge in [0.15, 0.2) is 0 Å². The summed E-state index contributed by atoms with van der Waals surface area (Å²) in [5, 5.41) is 3.19. The molecule has 0 amide bonds. The van der Waals surface area contributed by atoms with Crippen molar-refractivity contribution >= 4 is 17.5 Å². The Morgan fingerprint density at radius 3 is 2.59 bits per heavy atom. The molecule has 4 rings (SSSR count). The lowest BCUT2D eigenvalue weighted by Gasteiger charge is -2.03. The lowest BCUT2D eigenvalue weighted by molar-refractivity contribution is 0.627. The smallest absolute Gasteiger partial charge is 0.280 e. The third-order valence-electron chi connectivity index (χ3n) is 5.16. The van der Waals surface area contributed by atoms with E-state index in [1.54, 1.807) is 30.2 Å². The maximum Gasteiger partial charge on any atom is 0.280 e. The number of nitrogens with zero attached hydrogens (tertiary/aromatic N) is 3. The molecular formula is C24H24FN5OS. The van der Waals surface area contributed by atoms with Crippen molar-refractivity contribution in [3.05, 3.63) is 94.0 Å². The lowest BCUT2D eigenvalue weighted by Crippen LogP contribution is -2.20. The Balaban J connectivity index is 1.59. The number of aromatic amines is 2. The third kappa shape index (κ3) is 4.75. The monoisotopic (exact) mass is 449 g/mol. The Kier molecular flexibility index (Phi) is 6.70. The standard InChI is InChI=1S/C24H24FN5OS/c1-16-21(28-15-27-16)14-32-13-12-26-17(2)22-23(18-6-4-3-5-7-18)29-30(24(22)31)20-10-8-19(25)9-11-20/h3-11,15,29H,12-14H2,1-2H3,(H,27,28). The summed E-state index contributed by atoms with van der Waals surface area (Å²) in [5.74, 6) is 1.29. The number of rotatable bonds is 8. The molecule has 4 aromatic rings. The van der Waals surface area contributed by atoms with Gasteiger partial charge < -0.3 is 4.98 Å². The van der Waals surface area contributed by atoms with E-state index in [4.69, 9.17) is 0 Å². The Morgan fingerprint density at radius 1 is 1.16 bits per heavy atom. The average Bonchev–Trinajstić information content (AvgIpc) is 3.37. The van der Waals surface area contributed by atoms with Crippen LogP contribution in [-0.4, -0.2) is 37.8 Å². The molecule has 0 aliphatic heterocycles. The van der Waals surface area contributed by atoms with Crippen LogP contribution in [0.5, 0.6) is 0 Å². The summed E-state index contributed by atoms with van der Waals surface area (Å²) in [7, 11) is 0. The molecule has 164 valence electrons. The number of nitrogens with one attached hydrogen (secondary N) is 2. The van der Waals surface area contributed by atoms with Crippen molar-refractivity contribution in [1.82, 2.24) is 19.7 Å². The van der Waals surface area contributed by atoms with Gasteiger partial charge in [-0.3, -0.25) is 14.9 Å². The van der Waals surface area contributed by atoms with Gasteiger partial charge in [-0.05, 0) is 38.1 Å². The van der Waals surface area contributed by atoms with Crippen LogP contribution in [0.3, 0.4) is 0 Å². The van der Waals surface area contributed by atoms with Gasteiger partial charge in [0.1, 0.15) is 5.82 Å². The predicted molar refractivity (Wildman–Crippen MR) is 128 cm³/mol. The van der Waals surface area contributed by atoms with Crippen molar-refractivity contribution in [2.45, 2.75) is 19.6 Å². The zero-order valence-corrected chi connectivity index (χ0v) is 18.7. The predicted octanol–water partition coefficient (Wildman–Crippen LogP) is 4.75. The molecule has 2 heterocycles. The number of halogens is 1. The molecule has 0 unspecified atom stereocenters. The number of thioether (sulfide) groups is 1. The molecule has 6 nitrogen and oxygen atoms in total. The number of hydrogen-bond acceptors (Lipinski definition) is 4. The molecule has 0 aliphatic carbocycles. The van der Waals surface area contributed by atoms with Crippen LogP contribution in [0.4, 0.5) is 4.39 Å². The number of aryl methyl sites for hydroxylation is 1. The quantitative estimate of drug-likeness (QED) is 0.301. The fraction of sp³-hybridized carbons (Fsp3) is 0.208. The van der Waals surface area contributed by atoms with E-state index in [1.807, 2.05) is 44.2 Å². The van der Waals surface area contributed by atoms with Gasteiger partial charge in [-0.25, -0.2) is 14.1 Å². The number of H-pyrrole nitrogens is 2. The number of aromatic nitrogens is 4. The molecule has 0 radical (unpaired) electrons. The van der Waals surface area contributed by atoms with Crippen LogP contribution in [0.2, 0.25) is 0 Å². The summed E-state index contributed by atoms with van der Waals surface area (Å²) in [6, 6.07) is 15.5. The normalized spacial score (nSPS) is 11.8. The van der Waals surface area contributed by atoms with E-state index in [2.05, 4.69) is 20.1 Å². The minimum atomic E-state index is -0.350. The van der Waals surface area contributed by atoms with Crippen molar-refractivity contribution in [1.29, 1.82) is 0 Å². The molecule has 0 atom stereocenters. The maximum absolute atomic E-state index is 13.4. The number of aliphatic imine (C=N–C) groups is 1. The molecule has 2 aromatic heterocycles. The summed E-state index contributed by atoms with van der Waals surface area (Å²) in [4.78, 5) is 25.4. The first-order valence-corrected chi connectivity index (χ1v) is 11.4. The second-order valence-corrected chi connectivity index (χ2v) is 8.44. The van der Waals surface area contributed by atoms with Gasteiger partial charge in [0.25, 0.3) is 5.56 Å². The van der Waals surface area contributed by atoms with Gasteiger partial charge in [0.05, 0.1) is 29.0 Å². The van der Waals surface area contributed by atoms with Crippen molar-refractivity contribution < 1.29 is 4.39 Å². The molecule has 2 N–H and O–H groups in total. The van der Waals surface area contributed by atoms with Gasteiger partial charge in [0, 0.05) is 35.0 Å². The van der Waals surface area contributed by atoms with E-state index >= 15 is 0 Å². The molecule has 0 saturated heterocycles. The molecule has 2 aromatic carbocycles. The van der Waals surface area contributed by atoms with Crippen molar-refractivity contribution in [3.8, 4) is 16.9 Å². The van der Waals surface area contributed by atoms with Crippen molar-refractivity contribution in [2.75, 3.05) is 12.3 Å². The van der Waals surface area contributed by atoms with Crippen molar-refractivity contribution in [2.24, 2.45) is 4.99 Å². The highest BCUT2D eigenvalue weighted by atomic mass is 32.2. The van der Waals surface area contributed by atoms with E-state index in [0.717, 1.165) is 28.5 Å². The zero-order valence-electron chi connectivity index (χ0n) is 17.9. The Labute approximate surface area is 189 Å². The molecule has 0 saturated carbocycles. The third-order valence-corrected chi connectivity index (χ3v) is 6.11. The Morgan fingerprint density at radius 2 is 1.91 bits per heavy atom. The van der Waals surface area contributed by atoms with Gasteiger partial charge in [-0.1, -0.05) is 30.3 Å². The molecule has 8 heteroatoms. The highest BCUT2D eigenvalue weighted by Crippen LogP contribution is 2.22. The number of imidazole rings is 1. The first-order valence-electron chi connectivity index (χ1n) is 10.3. The first kappa shape index (κ1) is 21.8. The minimum absolute atomic E-state index is 0.212. The van der Waals surface area contributed by atoms with Crippen LogP contribution >= 0.6 is 11.8 Å². The fourth-order valence-corrected chi connectivity index (χ4v) is 4.27. The molecule has 32 heavy (non-hydrogen) atoms. The van der Waals surface area contributed by atoms with Gasteiger partial charge in [-0.2, -0.15) is 11.8 Å². The Hall–Kier alpha value is -3.39. The van der Waals surface area contributed by atoms with E-state index in [9.17, 15) is 9.18 Å². The van der Waals surface area contributed by atoms with Gasteiger partial charge >= 0.3 is 0 Å². The maximum atomic E-state index is 13.4. The summed E-state index contributed by atoms with van der Waals surface area (Å²) < 4.78 is 14.8. The summed E-state index contributed by atoms with van der Waals surface area (Å²) >= 11 is 1.75. The first-order chi connectivity index (χ1) is 15.5. The summed E-state index contributed by atoms with van der Waals surface area (Å²) in [6.07, 6.45) is 1.71. The van der Waals surface area contributed by atoms with Crippen LogP contribution in [0, 0.1) is 12.7 Å². The average molecular weight is 450 g/mol. The largest absolute Gasteiger partial charge is 0.348 e. The van der Waals surface area contributed by atoms with Crippen LogP contribution in [0.15, 0.2) is 70.7 Å². The highest BCUT2D eigenvalue weighted by molar-refractivity contribution is 7.98. The number of hydrogen-bond donors (Lipinski definition) is 2. The molecule has 0 bridgehead atoms. The fourth-order valence-electron chi connectivity index (χ4n) is 3.42. The summed E-state index contributed by atoms with van der Waals surface area (Å²) in [6.45, 7) is 4.46. The van der Waals surface area contributed by atoms with Crippen LogP contribution in [-0.2, 0) is 5.75 Å². The van der Waals surface area contributed by atoms with Crippen LogP contribution in [0.1, 0.15) is 23.9 Å². The SMILES string of the molecule is CC(=NCCSCc1nc[nH]c1C)c1c(-c2ccccc2)[nH]n(-c2ccc(F)cc2)c1=O. The van der Waals surface area contributed by atoms with Crippen LogP contribution < -0.4 is 5.56 Å². The number of benzene rings is 2. The van der Waals surface area contributed by atoms with E-state index in [0.29, 0.717) is 29.2 Å². The molecule has 0 fully saturated rings. The van der Waals surface area contributed by atoms with Crippen molar-refractivity contribution in [3.63, 3.8) is 0 Å². The highest BCUT2D eigenvalue weighted by Gasteiger charge is 2.19. The minimum Gasteiger partial charge on any atom is -0.348 e. The molecule has 0 aliphatic rings. The van der Waals surface area contributed by atoms with Crippen LogP contribution in [0.25, 0.3) is 16.9 Å². The van der Waals surface area contributed by atoms with Gasteiger partial charge in [0.2, 0.25) is 0 Å². The van der Waals surface area contributed by atoms with E-state index in [-0.39, 0.29) is 11.4 Å². The zero-order chi connectivity index (χ0) is 22.5. The summed E-state index contributed by atoms with van der Waals surface area (Å²) in [5.41, 5.74) is 5.26. The van der Waals surface area contributed by atoms with E-state index < -0.39 is 0 Å². The second-order valence-electron chi connectivity index (χ2n) is 7.34. The molecular weight excluding hydrogens is 425 g/mol. The van der Waals surface area contributed by atoms with E-state index in [1.165, 1.54) is 16.8 Å². The lowest BCUT2D eigenvalue weighted by atomic mass is 10.1. The Bertz CT molecular complexity index is 1270. The second kappa shape index (κ2) is 9.82.